The van der Waals surface area contributed by atoms with Crippen LogP contribution in [0.4, 0.5) is 0 Å². The first-order valence-corrected chi connectivity index (χ1v) is 7.87. The van der Waals surface area contributed by atoms with E-state index in [2.05, 4.69) is 62.2 Å². The molecule has 0 atom stereocenters. The monoisotopic (exact) mass is 390 g/mol. The minimum absolute atomic E-state index is 0.560. The van der Waals surface area contributed by atoms with E-state index in [4.69, 9.17) is 4.74 Å². The maximum Gasteiger partial charge on any atom is 0.134 e. The summed E-state index contributed by atoms with van der Waals surface area (Å²) in [5.74, 6) is 0.867. The molecule has 0 spiro atoms. The van der Waals surface area contributed by atoms with Crippen LogP contribution in [0.5, 0.6) is 5.75 Å². The van der Waals surface area contributed by atoms with Crippen LogP contribution in [0.15, 0.2) is 69.6 Å². The summed E-state index contributed by atoms with van der Waals surface area (Å²) in [6.07, 6.45) is 0. The number of hydrogen-bond acceptors (Lipinski definition) is 1. The van der Waals surface area contributed by atoms with Crippen molar-refractivity contribution in [1.29, 1.82) is 0 Å². The number of hydrogen-bond donors (Lipinski definition) is 0. The Kier molecular flexibility index (Phi) is 4.08. The van der Waals surface area contributed by atoms with Gasteiger partial charge in [-0.25, -0.2) is 0 Å². The van der Waals surface area contributed by atoms with Crippen molar-refractivity contribution in [2.24, 2.45) is 0 Å². The Morgan fingerprint density at radius 2 is 1.55 bits per heavy atom. The van der Waals surface area contributed by atoms with Crippen molar-refractivity contribution in [2.75, 3.05) is 0 Å². The molecular weight excluding hydrogens is 380 g/mol. The molecule has 3 heteroatoms. The van der Waals surface area contributed by atoms with E-state index < -0.39 is 0 Å². The number of benzene rings is 3. The molecule has 0 unspecified atom stereocenters. The average Bonchev–Trinajstić information content (AvgIpc) is 2.49. The van der Waals surface area contributed by atoms with Crippen LogP contribution in [0.1, 0.15) is 5.56 Å². The van der Waals surface area contributed by atoms with Crippen molar-refractivity contribution in [3.05, 3.63) is 75.2 Å². The molecule has 3 aromatic rings. The molecule has 0 bridgehead atoms. The average molecular weight is 392 g/mol. The molecule has 0 saturated carbocycles. The summed E-state index contributed by atoms with van der Waals surface area (Å²) >= 11 is 7.07. The fourth-order valence-electron chi connectivity index (χ4n) is 2.07. The van der Waals surface area contributed by atoms with Crippen molar-refractivity contribution >= 4 is 42.6 Å². The van der Waals surface area contributed by atoms with Crippen LogP contribution in [0.25, 0.3) is 10.8 Å². The minimum Gasteiger partial charge on any atom is -0.488 e. The maximum absolute atomic E-state index is 5.91. The molecule has 0 aliphatic heterocycles. The van der Waals surface area contributed by atoms with Crippen LogP contribution in [0, 0.1) is 0 Å². The Balaban J connectivity index is 1.84. The second-order valence-corrected chi connectivity index (χ2v) is 6.22. The molecule has 0 fully saturated rings. The van der Waals surface area contributed by atoms with Gasteiger partial charge in [0.2, 0.25) is 0 Å². The predicted molar refractivity (Wildman–Crippen MR) is 90.1 cm³/mol. The molecule has 0 heterocycles. The zero-order valence-electron chi connectivity index (χ0n) is 10.6. The van der Waals surface area contributed by atoms with Crippen LogP contribution >= 0.6 is 31.9 Å². The summed E-state index contributed by atoms with van der Waals surface area (Å²) < 4.78 is 7.99. The lowest BCUT2D eigenvalue weighted by atomic mass is 10.1. The van der Waals surface area contributed by atoms with Crippen LogP contribution in [0.3, 0.4) is 0 Å². The Bertz CT molecular complexity index is 736. The van der Waals surface area contributed by atoms with E-state index >= 15 is 0 Å². The minimum atomic E-state index is 0.560. The van der Waals surface area contributed by atoms with Crippen molar-refractivity contribution in [3.63, 3.8) is 0 Å². The van der Waals surface area contributed by atoms with Gasteiger partial charge in [-0.05, 0) is 50.5 Å². The number of ether oxygens (including phenoxy) is 1. The largest absolute Gasteiger partial charge is 0.488 e. The van der Waals surface area contributed by atoms with E-state index in [1.165, 1.54) is 10.8 Å². The summed E-state index contributed by atoms with van der Waals surface area (Å²) in [6, 6.07) is 20.5. The quantitative estimate of drug-likeness (QED) is 0.536. The molecule has 100 valence electrons. The molecule has 0 radical (unpaired) electrons. The zero-order chi connectivity index (χ0) is 13.9. The van der Waals surface area contributed by atoms with E-state index in [0.29, 0.717) is 6.61 Å². The highest BCUT2D eigenvalue weighted by Gasteiger charge is 2.06. The van der Waals surface area contributed by atoms with Gasteiger partial charge in [0.25, 0.3) is 0 Å². The first-order chi connectivity index (χ1) is 9.74. The highest BCUT2D eigenvalue weighted by molar-refractivity contribution is 9.11. The highest BCUT2D eigenvalue weighted by Crippen LogP contribution is 2.33. The smallest absolute Gasteiger partial charge is 0.134 e. The van der Waals surface area contributed by atoms with Gasteiger partial charge < -0.3 is 4.74 Å². The first kappa shape index (κ1) is 13.7. The molecule has 1 nitrogen and oxygen atoms in total. The van der Waals surface area contributed by atoms with Gasteiger partial charge in [0.05, 0.1) is 4.47 Å². The van der Waals surface area contributed by atoms with Gasteiger partial charge >= 0.3 is 0 Å². The second-order valence-electron chi connectivity index (χ2n) is 4.51. The molecule has 0 amide bonds. The van der Waals surface area contributed by atoms with Gasteiger partial charge in [0, 0.05) is 4.47 Å². The lowest BCUT2D eigenvalue weighted by Crippen LogP contribution is -1.96. The zero-order valence-corrected chi connectivity index (χ0v) is 13.8. The molecule has 0 aliphatic carbocycles. The number of rotatable bonds is 3. The highest BCUT2D eigenvalue weighted by atomic mass is 79.9. The van der Waals surface area contributed by atoms with Crippen LogP contribution < -0.4 is 4.74 Å². The standard InChI is InChI=1S/C17H12Br2O/c18-14-8-5-12(6-9-14)11-20-16-10-7-13-3-1-2-4-15(13)17(16)19/h1-10H,11H2. The first-order valence-electron chi connectivity index (χ1n) is 6.28. The molecule has 0 N–H and O–H groups in total. The van der Waals surface area contributed by atoms with Crippen molar-refractivity contribution in [3.8, 4) is 5.75 Å². The summed E-state index contributed by atoms with van der Waals surface area (Å²) in [5.41, 5.74) is 1.15. The van der Waals surface area contributed by atoms with Crippen molar-refractivity contribution in [2.45, 2.75) is 6.61 Å². The van der Waals surface area contributed by atoms with Crippen LogP contribution in [-0.2, 0) is 6.61 Å². The third-order valence-corrected chi connectivity index (χ3v) is 4.48. The third kappa shape index (κ3) is 2.89. The van der Waals surface area contributed by atoms with E-state index in [0.717, 1.165) is 20.3 Å². The van der Waals surface area contributed by atoms with E-state index in [-0.39, 0.29) is 0 Å². The van der Waals surface area contributed by atoms with Gasteiger partial charge in [0.1, 0.15) is 12.4 Å². The summed E-state index contributed by atoms with van der Waals surface area (Å²) in [7, 11) is 0. The van der Waals surface area contributed by atoms with Gasteiger partial charge in [-0.2, -0.15) is 0 Å². The SMILES string of the molecule is Brc1ccc(COc2ccc3ccccc3c2Br)cc1. The molecule has 0 saturated heterocycles. The Hall–Kier alpha value is -1.32. The normalized spacial score (nSPS) is 10.7. The van der Waals surface area contributed by atoms with Crippen LogP contribution in [-0.4, -0.2) is 0 Å². The topological polar surface area (TPSA) is 9.23 Å². The molecule has 0 aromatic heterocycles. The fraction of sp³-hybridized carbons (Fsp3) is 0.0588. The van der Waals surface area contributed by atoms with E-state index in [9.17, 15) is 0 Å². The molecule has 20 heavy (non-hydrogen) atoms. The molecule has 0 aliphatic rings. The van der Waals surface area contributed by atoms with Gasteiger partial charge in [-0.15, -0.1) is 0 Å². The summed E-state index contributed by atoms with van der Waals surface area (Å²) in [4.78, 5) is 0. The number of fused-ring (bicyclic) bond motifs is 1. The number of halogens is 2. The van der Waals surface area contributed by atoms with Crippen molar-refractivity contribution in [1.82, 2.24) is 0 Å². The Labute approximate surface area is 134 Å². The van der Waals surface area contributed by atoms with Gasteiger partial charge in [-0.1, -0.05) is 58.4 Å². The summed E-state index contributed by atoms with van der Waals surface area (Å²) in [5, 5.41) is 2.37. The molecular formula is C17H12Br2O. The maximum atomic E-state index is 5.91. The van der Waals surface area contributed by atoms with Gasteiger partial charge in [-0.3, -0.25) is 0 Å². The summed E-state index contributed by atoms with van der Waals surface area (Å²) in [6.45, 7) is 0.560. The van der Waals surface area contributed by atoms with Crippen molar-refractivity contribution < 1.29 is 4.74 Å². The van der Waals surface area contributed by atoms with E-state index in [1.54, 1.807) is 0 Å². The fourth-order valence-corrected chi connectivity index (χ4v) is 2.94. The lowest BCUT2D eigenvalue weighted by molar-refractivity contribution is 0.305. The van der Waals surface area contributed by atoms with Gasteiger partial charge in [0.15, 0.2) is 0 Å². The Morgan fingerprint density at radius 1 is 0.800 bits per heavy atom. The third-order valence-electron chi connectivity index (χ3n) is 3.14. The second kappa shape index (κ2) is 5.98. The predicted octanol–water partition coefficient (Wildman–Crippen LogP) is 5.94. The van der Waals surface area contributed by atoms with Crippen LogP contribution in [0.2, 0.25) is 0 Å². The molecule has 3 aromatic carbocycles. The Morgan fingerprint density at radius 3 is 2.35 bits per heavy atom. The van der Waals surface area contributed by atoms with E-state index in [1.807, 2.05) is 30.3 Å². The lowest BCUT2D eigenvalue weighted by Gasteiger charge is -2.10. The molecule has 3 rings (SSSR count).